The van der Waals surface area contributed by atoms with Crippen molar-refractivity contribution < 1.29 is 9.90 Å². The number of hydrogen-bond acceptors (Lipinski definition) is 5. The number of nitrogens with one attached hydrogen (secondary N) is 1. The van der Waals surface area contributed by atoms with Crippen molar-refractivity contribution in [2.75, 3.05) is 18.5 Å². The third-order valence-corrected chi connectivity index (χ3v) is 1.93. The highest BCUT2D eigenvalue weighted by Crippen LogP contribution is 2.17. The van der Waals surface area contributed by atoms with Gasteiger partial charge in [-0.1, -0.05) is 0 Å². The molecule has 0 spiro atoms. The Bertz CT molecular complexity index is 494. The highest BCUT2D eigenvalue weighted by atomic mass is 16.4. The van der Waals surface area contributed by atoms with Gasteiger partial charge in [0.25, 0.3) is 0 Å². The monoisotopic (exact) mass is 207 g/mol. The number of likely N-dealkylation sites (N-methyl/N-ethyl adjacent to an activating group) is 1. The summed E-state index contributed by atoms with van der Waals surface area (Å²) in [4.78, 5) is 26.9. The Kier molecular flexibility index (Phi) is 2.20. The first kappa shape index (κ1) is 9.38. The van der Waals surface area contributed by atoms with Gasteiger partial charge >= 0.3 is 5.97 Å². The van der Waals surface area contributed by atoms with E-state index in [0.717, 1.165) is 0 Å². The summed E-state index contributed by atoms with van der Waals surface area (Å²) in [6.45, 7) is -0.126. The van der Waals surface area contributed by atoms with Gasteiger partial charge in [0.15, 0.2) is 11.5 Å². The Labute approximate surface area is 84.8 Å². The van der Waals surface area contributed by atoms with Crippen LogP contribution in [-0.4, -0.2) is 44.6 Å². The Morgan fingerprint density at radius 2 is 2.33 bits per heavy atom. The minimum atomic E-state index is -0.917. The molecule has 2 N–H and O–H groups in total. The lowest BCUT2D eigenvalue weighted by molar-refractivity contribution is -0.135. The molecule has 0 bridgehead atoms. The molecule has 2 heterocycles. The zero-order valence-corrected chi connectivity index (χ0v) is 8.01. The molecule has 0 radical (unpaired) electrons. The molecule has 0 aliphatic heterocycles. The van der Waals surface area contributed by atoms with Gasteiger partial charge in [0.05, 0.1) is 6.33 Å². The summed E-state index contributed by atoms with van der Waals surface area (Å²) >= 11 is 0. The fourth-order valence-electron chi connectivity index (χ4n) is 1.31. The van der Waals surface area contributed by atoms with Crippen LogP contribution in [-0.2, 0) is 4.79 Å². The maximum Gasteiger partial charge on any atom is 0.323 e. The summed E-state index contributed by atoms with van der Waals surface area (Å²) in [6, 6.07) is 0. The highest BCUT2D eigenvalue weighted by molar-refractivity contribution is 5.84. The summed E-state index contributed by atoms with van der Waals surface area (Å²) in [7, 11) is 1.64. The summed E-state index contributed by atoms with van der Waals surface area (Å²) < 4.78 is 0. The number of aromatic nitrogens is 4. The average Bonchev–Trinajstić information content (AvgIpc) is 2.63. The quantitative estimate of drug-likeness (QED) is 0.728. The smallest absolute Gasteiger partial charge is 0.323 e. The molecule has 15 heavy (non-hydrogen) atoms. The zero-order chi connectivity index (χ0) is 10.8. The van der Waals surface area contributed by atoms with Crippen LogP contribution in [0.4, 0.5) is 5.82 Å². The molecule has 0 atom stereocenters. The SMILES string of the molecule is CN(CC(=O)O)c1ncnc2[nH]cnc12. The van der Waals surface area contributed by atoms with Gasteiger partial charge in [0, 0.05) is 7.05 Å². The second-order valence-corrected chi connectivity index (χ2v) is 3.05. The number of aliphatic carboxylic acids is 1. The number of hydrogen-bond donors (Lipinski definition) is 2. The zero-order valence-electron chi connectivity index (χ0n) is 8.01. The van der Waals surface area contributed by atoms with E-state index in [9.17, 15) is 4.79 Å². The lowest BCUT2D eigenvalue weighted by atomic mass is 10.4. The van der Waals surface area contributed by atoms with E-state index in [4.69, 9.17) is 5.11 Å². The van der Waals surface area contributed by atoms with E-state index in [1.807, 2.05) is 0 Å². The largest absolute Gasteiger partial charge is 0.480 e. The van der Waals surface area contributed by atoms with Crippen molar-refractivity contribution in [2.45, 2.75) is 0 Å². The highest BCUT2D eigenvalue weighted by Gasteiger charge is 2.12. The fraction of sp³-hybridized carbons (Fsp3) is 0.250. The first-order valence-corrected chi connectivity index (χ1v) is 4.25. The Hall–Kier alpha value is -2.18. The number of H-pyrrole nitrogens is 1. The van der Waals surface area contributed by atoms with Gasteiger partial charge in [-0.05, 0) is 0 Å². The molecule has 7 nitrogen and oxygen atoms in total. The van der Waals surface area contributed by atoms with Gasteiger partial charge in [-0.25, -0.2) is 15.0 Å². The minimum Gasteiger partial charge on any atom is -0.480 e. The van der Waals surface area contributed by atoms with E-state index in [0.29, 0.717) is 17.0 Å². The van der Waals surface area contributed by atoms with E-state index < -0.39 is 5.97 Å². The molecule has 0 aliphatic carbocycles. The number of aromatic amines is 1. The van der Waals surface area contributed by atoms with E-state index in [1.54, 1.807) is 7.05 Å². The maximum absolute atomic E-state index is 10.5. The molecule has 0 unspecified atom stereocenters. The molecule has 0 saturated heterocycles. The number of rotatable bonds is 3. The molecule has 7 heteroatoms. The lowest BCUT2D eigenvalue weighted by Crippen LogP contribution is -2.26. The molecule has 78 valence electrons. The molecule has 2 aromatic rings. The number of nitrogens with zero attached hydrogens (tertiary/aromatic N) is 4. The maximum atomic E-state index is 10.5. The first-order valence-electron chi connectivity index (χ1n) is 4.25. The molecule has 2 aromatic heterocycles. The molecule has 0 aliphatic rings. The second-order valence-electron chi connectivity index (χ2n) is 3.05. The van der Waals surface area contributed by atoms with Crippen LogP contribution in [0.3, 0.4) is 0 Å². The van der Waals surface area contributed by atoms with Crippen LogP contribution in [0.5, 0.6) is 0 Å². The van der Waals surface area contributed by atoms with Gasteiger partial charge in [-0.2, -0.15) is 0 Å². The average molecular weight is 207 g/mol. The summed E-state index contributed by atoms with van der Waals surface area (Å²) in [6.07, 6.45) is 2.87. The van der Waals surface area contributed by atoms with Crippen LogP contribution in [0.25, 0.3) is 11.2 Å². The van der Waals surface area contributed by atoms with Crippen molar-refractivity contribution in [3.8, 4) is 0 Å². The van der Waals surface area contributed by atoms with Gasteiger partial charge < -0.3 is 15.0 Å². The van der Waals surface area contributed by atoms with E-state index in [-0.39, 0.29) is 6.54 Å². The van der Waals surface area contributed by atoms with Crippen molar-refractivity contribution in [2.24, 2.45) is 0 Å². The van der Waals surface area contributed by atoms with Crippen LogP contribution in [0.1, 0.15) is 0 Å². The van der Waals surface area contributed by atoms with E-state index in [2.05, 4.69) is 19.9 Å². The van der Waals surface area contributed by atoms with Crippen molar-refractivity contribution >= 4 is 23.0 Å². The van der Waals surface area contributed by atoms with Crippen molar-refractivity contribution in [3.63, 3.8) is 0 Å². The summed E-state index contributed by atoms with van der Waals surface area (Å²) in [5, 5.41) is 8.65. The Morgan fingerprint density at radius 1 is 1.53 bits per heavy atom. The molecular weight excluding hydrogens is 198 g/mol. The van der Waals surface area contributed by atoms with Crippen molar-refractivity contribution in [3.05, 3.63) is 12.7 Å². The van der Waals surface area contributed by atoms with Gasteiger partial charge in [-0.15, -0.1) is 0 Å². The van der Waals surface area contributed by atoms with Crippen LogP contribution in [0, 0.1) is 0 Å². The van der Waals surface area contributed by atoms with Crippen LogP contribution in [0.2, 0.25) is 0 Å². The number of anilines is 1. The number of carboxylic acid groups (broad SMARTS) is 1. The number of fused-ring (bicyclic) bond motifs is 1. The van der Waals surface area contributed by atoms with Crippen molar-refractivity contribution in [1.82, 2.24) is 19.9 Å². The normalized spacial score (nSPS) is 10.5. The molecule has 0 amide bonds. The van der Waals surface area contributed by atoms with Gasteiger partial charge in [-0.3, -0.25) is 4.79 Å². The standard InChI is InChI=1S/C8H9N5O2/c1-13(2-5(14)15)8-6-7(10-3-9-6)11-4-12-8/h3-4H,2H2,1H3,(H,14,15)(H,9,10,11,12). The number of imidazole rings is 1. The molecule has 0 saturated carbocycles. The van der Waals surface area contributed by atoms with Crippen molar-refractivity contribution in [1.29, 1.82) is 0 Å². The predicted molar refractivity (Wildman–Crippen MR) is 52.6 cm³/mol. The molecule has 2 rings (SSSR count). The topological polar surface area (TPSA) is 95.0 Å². The van der Waals surface area contributed by atoms with E-state index >= 15 is 0 Å². The minimum absolute atomic E-state index is 0.126. The fourth-order valence-corrected chi connectivity index (χ4v) is 1.31. The number of carboxylic acids is 1. The molecule has 0 fully saturated rings. The summed E-state index contributed by atoms with van der Waals surface area (Å²) in [5.74, 6) is -0.413. The van der Waals surface area contributed by atoms with Crippen LogP contribution < -0.4 is 4.90 Å². The summed E-state index contributed by atoms with van der Waals surface area (Å²) in [5.41, 5.74) is 1.17. The predicted octanol–water partition coefficient (Wildman–Crippen LogP) is -0.126. The lowest BCUT2D eigenvalue weighted by Gasteiger charge is -2.14. The van der Waals surface area contributed by atoms with E-state index in [1.165, 1.54) is 17.6 Å². The van der Waals surface area contributed by atoms with Gasteiger partial charge in [0.1, 0.15) is 18.4 Å². The van der Waals surface area contributed by atoms with Crippen LogP contribution in [0.15, 0.2) is 12.7 Å². The van der Waals surface area contributed by atoms with Crippen LogP contribution >= 0.6 is 0 Å². The molecule has 0 aromatic carbocycles. The second kappa shape index (κ2) is 3.52. The number of carbonyl (C=O) groups is 1. The first-order chi connectivity index (χ1) is 7.18. The van der Waals surface area contributed by atoms with Gasteiger partial charge in [0.2, 0.25) is 0 Å². The third-order valence-electron chi connectivity index (χ3n) is 1.93. The molecular formula is C8H9N5O2. The third kappa shape index (κ3) is 1.71. The Balaban J connectivity index is 2.42. The Morgan fingerprint density at radius 3 is 3.07 bits per heavy atom.